The van der Waals surface area contributed by atoms with Gasteiger partial charge < -0.3 is 19.6 Å². The van der Waals surface area contributed by atoms with Crippen LogP contribution in [0.15, 0.2) is 18.2 Å². The summed E-state index contributed by atoms with van der Waals surface area (Å²) in [4.78, 5) is 2.54. The Bertz CT molecular complexity index is 365. The summed E-state index contributed by atoms with van der Waals surface area (Å²) in [5.41, 5.74) is 2.07. The molecule has 0 fully saturated rings. The van der Waals surface area contributed by atoms with Gasteiger partial charge in [-0.25, -0.2) is 0 Å². The average molecular weight is 309 g/mol. The third-order valence-electron chi connectivity index (χ3n) is 3.06. The van der Waals surface area contributed by atoms with Crippen LogP contribution in [0.3, 0.4) is 0 Å². The minimum atomic E-state index is -1.74. The van der Waals surface area contributed by atoms with E-state index in [1.54, 1.807) is 12.1 Å². The van der Waals surface area contributed by atoms with Gasteiger partial charge in [0, 0.05) is 0 Å². The summed E-state index contributed by atoms with van der Waals surface area (Å²) in [6.07, 6.45) is 3.88. The Morgan fingerprint density at radius 1 is 0.864 bits per heavy atom. The van der Waals surface area contributed by atoms with Crippen LogP contribution < -0.4 is 4.65 Å². The molecule has 22 heavy (non-hydrogen) atoms. The zero-order valence-electron chi connectivity index (χ0n) is 14.8. The summed E-state index contributed by atoms with van der Waals surface area (Å²) in [6, 6.07) is 5.47. The predicted molar refractivity (Wildman–Crippen MR) is 94.0 cm³/mol. The maximum absolute atomic E-state index is 8.52. The molecule has 126 valence electrons. The smallest absolute Gasteiger partial charge is 0.512 e. The van der Waals surface area contributed by atoms with Gasteiger partial charge in [0.25, 0.3) is 0 Å². The zero-order valence-corrected chi connectivity index (χ0v) is 14.8. The lowest BCUT2D eigenvalue weighted by Gasteiger charge is -2.19. The van der Waals surface area contributed by atoms with Gasteiger partial charge in [0.1, 0.15) is 5.75 Å². The van der Waals surface area contributed by atoms with E-state index in [0.29, 0.717) is 5.75 Å². The standard InChI is InChI=1S/C9H21N.C8H11BO3/c1-4-7-10(8-5-2)9-6-3;1-6-3-7(2)5-8(4-6)12-9(10)11/h4-9H2,1-3H3;3-5,10-11H,1-2H3. The second-order valence-corrected chi connectivity index (χ2v) is 5.61. The van der Waals surface area contributed by atoms with Crippen LogP contribution in [0, 0.1) is 13.8 Å². The van der Waals surface area contributed by atoms with Crippen molar-refractivity contribution in [1.29, 1.82) is 0 Å². The second-order valence-electron chi connectivity index (χ2n) is 5.61. The summed E-state index contributed by atoms with van der Waals surface area (Å²) < 4.78 is 4.69. The molecule has 0 saturated carbocycles. The Hall–Kier alpha value is -1.04. The van der Waals surface area contributed by atoms with Gasteiger partial charge in [-0.2, -0.15) is 0 Å². The summed E-state index contributed by atoms with van der Waals surface area (Å²) in [6.45, 7) is 14.4. The Morgan fingerprint density at radius 2 is 1.27 bits per heavy atom. The lowest BCUT2D eigenvalue weighted by Crippen LogP contribution is -2.25. The van der Waals surface area contributed by atoms with E-state index in [1.165, 1.54) is 38.9 Å². The summed E-state index contributed by atoms with van der Waals surface area (Å²) in [7, 11) is -1.74. The van der Waals surface area contributed by atoms with E-state index in [2.05, 4.69) is 30.3 Å². The molecule has 0 aromatic heterocycles. The molecule has 1 aromatic carbocycles. The topological polar surface area (TPSA) is 52.9 Å². The molecule has 0 spiro atoms. The van der Waals surface area contributed by atoms with E-state index in [4.69, 9.17) is 10.0 Å². The number of hydrogen-bond donors (Lipinski definition) is 2. The van der Waals surface area contributed by atoms with E-state index in [1.807, 2.05) is 19.9 Å². The van der Waals surface area contributed by atoms with Crippen LogP contribution in [0.1, 0.15) is 51.2 Å². The highest BCUT2D eigenvalue weighted by atomic mass is 16.6. The molecule has 4 nitrogen and oxygen atoms in total. The summed E-state index contributed by atoms with van der Waals surface area (Å²) in [5, 5.41) is 17.0. The van der Waals surface area contributed by atoms with E-state index in [0.717, 1.165) is 11.1 Å². The molecular weight excluding hydrogens is 277 g/mol. The lowest BCUT2D eigenvalue weighted by atomic mass is 10.1. The SMILES string of the molecule is CCCN(CCC)CCC.Cc1cc(C)cc(OB(O)O)c1. The Kier molecular flexibility index (Phi) is 11.9. The van der Waals surface area contributed by atoms with E-state index >= 15 is 0 Å². The Labute approximate surface area is 136 Å². The van der Waals surface area contributed by atoms with Gasteiger partial charge in [0.05, 0.1) is 0 Å². The fraction of sp³-hybridized carbons (Fsp3) is 0.647. The van der Waals surface area contributed by atoms with Gasteiger partial charge in [-0.1, -0.05) is 26.8 Å². The molecule has 1 aromatic rings. The van der Waals surface area contributed by atoms with Crippen molar-refractivity contribution < 1.29 is 14.7 Å². The molecule has 0 aliphatic carbocycles. The molecule has 0 aliphatic heterocycles. The quantitative estimate of drug-likeness (QED) is 0.724. The maximum atomic E-state index is 8.52. The first kappa shape index (κ1) is 21.0. The largest absolute Gasteiger partial charge is 0.707 e. The van der Waals surface area contributed by atoms with E-state index < -0.39 is 7.32 Å². The average Bonchev–Trinajstić information content (AvgIpc) is 2.38. The molecule has 0 aliphatic rings. The predicted octanol–water partition coefficient (Wildman–Crippen LogP) is 3.17. The van der Waals surface area contributed by atoms with Crippen molar-refractivity contribution in [2.75, 3.05) is 19.6 Å². The highest BCUT2D eigenvalue weighted by Gasteiger charge is 2.10. The molecule has 5 heteroatoms. The normalized spacial score (nSPS) is 10.2. The summed E-state index contributed by atoms with van der Waals surface area (Å²) >= 11 is 0. The number of rotatable bonds is 8. The molecule has 2 N–H and O–H groups in total. The van der Waals surface area contributed by atoms with Crippen molar-refractivity contribution in [1.82, 2.24) is 4.90 Å². The number of aryl methyl sites for hydroxylation is 2. The lowest BCUT2D eigenvalue weighted by molar-refractivity contribution is 0.275. The summed E-state index contributed by atoms with van der Waals surface area (Å²) in [5.74, 6) is 0.475. The van der Waals surface area contributed by atoms with Crippen LogP contribution in [-0.2, 0) is 0 Å². The van der Waals surface area contributed by atoms with Crippen molar-refractivity contribution in [3.05, 3.63) is 29.3 Å². The molecule has 0 heterocycles. The van der Waals surface area contributed by atoms with Crippen molar-refractivity contribution >= 4 is 7.32 Å². The van der Waals surface area contributed by atoms with Crippen LogP contribution in [0.2, 0.25) is 0 Å². The van der Waals surface area contributed by atoms with Gasteiger partial charge in [0.15, 0.2) is 0 Å². The number of benzene rings is 1. The van der Waals surface area contributed by atoms with Crippen LogP contribution in [0.25, 0.3) is 0 Å². The fourth-order valence-electron chi connectivity index (χ4n) is 2.41. The van der Waals surface area contributed by atoms with E-state index in [-0.39, 0.29) is 0 Å². The molecule has 0 unspecified atom stereocenters. The molecule has 0 amide bonds. The first-order valence-electron chi connectivity index (χ1n) is 8.26. The first-order chi connectivity index (χ1) is 10.4. The molecule has 0 radical (unpaired) electrons. The van der Waals surface area contributed by atoms with Gasteiger partial charge in [-0.3, -0.25) is 0 Å². The Balaban J connectivity index is 0.000000409. The molecule has 0 bridgehead atoms. The highest BCUT2D eigenvalue weighted by molar-refractivity contribution is 6.33. The highest BCUT2D eigenvalue weighted by Crippen LogP contribution is 2.15. The number of hydrogen-bond acceptors (Lipinski definition) is 4. The van der Waals surface area contributed by atoms with Crippen LogP contribution in [0.5, 0.6) is 5.75 Å². The Morgan fingerprint density at radius 3 is 1.59 bits per heavy atom. The minimum Gasteiger partial charge on any atom is -0.512 e. The van der Waals surface area contributed by atoms with Gasteiger partial charge in [0.2, 0.25) is 0 Å². The molecule has 0 atom stereocenters. The monoisotopic (exact) mass is 309 g/mol. The second kappa shape index (κ2) is 12.5. The molecule has 0 saturated heterocycles. The molecule has 1 rings (SSSR count). The van der Waals surface area contributed by atoms with Crippen molar-refractivity contribution in [3.63, 3.8) is 0 Å². The third kappa shape index (κ3) is 10.7. The zero-order chi connectivity index (χ0) is 17.0. The van der Waals surface area contributed by atoms with Crippen molar-refractivity contribution in [3.8, 4) is 5.75 Å². The third-order valence-corrected chi connectivity index (χ3v) is 3.06. The minimum absolute atomic E-state index is 0.475. The number of nitrogens with zero attached hydrogens (tertiary/aromatic N) is 1. The van der Waals surface area contributed by atoms with Crippen LogP contribution in [-0.4, -0.2) is 41.9 Å². The van der Waals surface area contributed by atoms with Crippen molar-refractivity contribution in [2.24, 2.45) is 0 Å². The maximum Gasteiger partial charge on any atom is 0.707 e. The first-order valence-corrected chi connectivity index (χ1v) is 8.26. The van der Waals surface area contributed by atoms with Gasteiger partial charge in [-0.05, 0) is 76.0 Å². The van der Waals surface area contributed by atoms with Crippen LogP contribution in [0.4, 0.5) is 0 Å². The van der Waals surface area contributed by atoms with Crippen molar-refractivity contribution in [2.45, 2.75) is 53.9 Å². The van der Waals surface area contributed by atoms with E-state index in [9.17, 15) is 0 Å². The van der Waals surface area contributed by atoms with Gasteiger partial charge in [-0.15, -0.1) is 0 Å². The fourth-order valence-corrected chi connectivity index (χ4v) is 2.41. The molecular formula is C17H32BNO3. The van der Waals surface area contributed by atoms with Gasteiger partial charge >= 0.3 is 7.32 Å². The van der Waals surface area contributed by atoms with Crippen LogP contribution >= 0.6 is 0 Å².